The molecule has 0 aromatic heterocycles. The first-order valence-electron chi connectivity index (χ1n) is 8.51. The second-order valence-electron chi connectivity index (χ2n) is 5.96. The van der Waals surface area contributed by atoms with Gasteiger partial charge < -0.3 is 15.2 Å². The van der Waals surface area contributed by atoms with E-state index in [0.717, 1.165) is 18.5 Å². The highest BCUT2D eigenvalue weighted by Crippen LogP contribution is 2.22. The topological polar surface area (TPSA) is 78.9 Å². The van der Waals surface area contributed by atoms with E-state index in [1.165, 1.54) is 0 Å². The van der Waals surface area contributed by atoms with Crippen LogP contribution in [0, 0.1) is 0 Å². The van der Waals surface area contributed by atoms with E-state index in [4.69, 9.17) is 9.84 Å². The average molecular weight is 356 g/mol. The van der Waals surface area contributed by atoms with Crippen LogP contribution in [-0.4, -0.2) is 42.1 Å². The molecule has 0 saturated carbocycles. The zero-order chi connectivity index (χ0) is 18.9. The van der Waals surface area contributed by atoms with Gasteiger partial charge in [0.2, 0.25) is 5.91 Å². The van der Waals surface area contributed by atoms with Crippen molar-refractivity contribution in [2.24, 2.45) is 0 Å². The SMILES string of the molecule is CCCN(CC(=O)Nc1ccccc1OC)Cc1ccc(C(=O)O)cc1. The number of nitrogens with one attached hydrogen (secondary N) is 1. The minimum Gasteiger partial charge on any atom is -0.495 e. The molecular weight excluding hydrogens is 332 g/mol. The van der Waals surface area contributed by atoms with Crippen LogP contribution in [0.25, 0.3) is 0 Å². The summed E-state index contributed by atoms with van der Waals surface area (Å²) in [5, 5.41) is 11.8. The Morgan fingerprint density at radius 3 is 2.42 bits per heavy atom. The number of carbonyl (C=O) groups excluding carboxylic acids is 1. The normalized spacial score (nSPS) is 10.6. The molecule has 138 valence electrons. The Bertz CT molecular complexity index is 744. The third-order valence-electron chi connectivity index (χ3n) is 3.90. The van der Waals surface area contributed by atoms with Crippen molar-refractivity contribution >= 4 is 17.6 Å². The number of nitrogens with zero attached hydrogens (tertiary/aromatic N) is 1. The lowest BCUT2D eigenvalue weighted by atomic mass is 10.1. The van der Waals surface area contributed by atoms with Gasteiger partial charge in [-0.1, -0.05) is 31.2 Å². The number of amides is 1. The molecule has 0 fully saturated rings. The van der Waals surface area contributed by atoms with Crippen LogP contribution in [0.3, 0.4) is 0 Å². The number of benzene rings is 2. The lowest BCUT2D eigenvalue weighted by Gasteiger charge is -2.21. The fourth-order valence-electron chi connectivity index (χ4n) is 2.68. The molecule has 0 unspecified atom stereocenters. The maximum absolute atomic E-state index is 12.4. The van der Waals surface area contributed by atoms with Crippen molar-refractivity contribution in [2.75, 3.05) is 25.5 Å². The van der Waals surface area contributed by atoms with Crippen LogP contribution in [0.1, 0.15) is 29.3 Å². The number of para-hydroxylation sites is 2. The Morgan fingerprint density at radius 2 is 1.81 bits per heavy atom. The Labute approximate surface area is 153 Å². The van der Waals surface area contributed by atoms with Crippen LogP contribution in [0.15, 0.2) is 48.5 Å². The molecule has 6 heteroatoms. The van der Waals surface area contributed by atoms with Gasteiger partial charge in [0.15, 0.2) is 0 Å². The molecular formula is C20H24N2O4. The molecule has 2 rings (SSSR count). The summed E-state index contributed by atoms with van der Waals surface area (Å²) in [6, 6.07) is 14.0. The molecule has 0 aliphatic heterocycles. The molecule has 0 heterocycles. The van der Waals surface area contributed by atoms with Crippen LogP contribution in [0.4, 0.5) is 5.69 Å². The van der Waals surface area contributed by atoms with Gasteiger partial charge in [0.1, 0.15) is 5.75 Å². The zero-order valence-electron chi connectivity index (χ0n) is 15.1. The van der Waals surface area contributed by atoms with Crippen molar-refractivity contribution in [3.8, 4) is 5.75 Å². The molecule has 0 spiro atoms. The van der Waals surface area contributed by atoms with Gasteiger partial charge in [-0.15, -0.1) is 0 Å². The van der Waals surface area contributed by atoms with Crippen LogP contribution in [-0.2, 0) is 11.3 Å². The number of hydrogen-bond acceptors (Lipinski definition) is 4. The van der Waals surface area contributed by atoms with E-state index in [1.807, 2.05) is 17.0 Å². The van der Waals surface area contributed by atoms with Gasteiger partial charge in [0, 0.05) is 6.54 Å². The van der Waals surface area contributed by atoms with Gasteiger partial charge in [-0.05, 0) is 42.8 Å². The molecule has 0 atom stereocenters. The summed E-state index contributed by atoms with van der Waals surface area (Å²) in [5.41, 5.74) is 1.86. The minimum absolute atomic E-state index is 0.120. The zero-order valence-corrected chi connectivity index (χ0v) is 15.1. The van der Waals surface area contributed by atoms with E-state index in [-0.39, 0.29) is 18.0 Å². The summed E-state index contributed by atoms with van der Waals surface area (Å²) in [7, 11) is 1.56. The van der Waals surface area contributed by atoms with E-state index in [2.05, 4.69) is 12.2 Å². The Kier molecular flexibility index (Phi) is 7.17. The molecule has 2 N–H and O–H groups in total. The smallest absolute Gasteiger partial charge is 0.335 e. The van der Waals surface area contributed by atoms with Crippen molar-refractivity contribution in [1.82, 2.24) is 4.90 Å². The molecule has 0 aliphatic rings. The number of rotatable bonds is 9. The van der Waals surface area contributed by atoms with E-state index in [0.29, 0.717) is 18.0 Å². The van der Waals surface area contributed by atoms with Crippen LogP contribution >= 0.6 is 0 Å². The highest BCUT2D eigenvalue weighted by molar-refractivity contribution is 5.93. The predicted octanol–water partition coefficient (Wildman–Crippen LogP) is 3.24. The van der Waals surface area contributed by atoms with E-state index in [9.17, 15) is 9.59 Å². The largest absolute Gasteiger partial charge is 0.495 e. The fraction of sp³-hybridized carbons (Fsp3) is 0.300. The fourth-order valence-corrected chi connectivity index (χ4v) is 2.68. The first-order chi connectivity index (χ1) is 12.5. The van der Waals surface area contributed by atoms with Gasteiger partial charge in [0.25, 0.3) is 0 Å². The highest BCUT2D eigenvalue weighted by Gasteiger charge is 2.13. The molecule has 2 aromatic rings. The number of anilines is 1. The average Bonchev–Trinajstić information content (AvgIpc) is 2.62. The van der Waals surface area contributed by atoms with Crippen molar-refractivity contribution in [1.29, 1.82) is 0 Å². The highest BCUT2D eigenvalue weighted by atomic mass is 16.5. The number of carboxylic acid groups (broad SMARTS) is 1. The van der Waals surface area contributed by atoms with Gasteiger partial charge >= 0.3 is 5.97 Å². The van der Waals surface area contributed by atoms with Crippen LogP contribution < -0.4 is 10.1 Å². The summed E-state index contributed by atoms with van der Waals surface area (Å²) < 4.78 is 5.25. The van der Waals surface area contributed by atoms with Gasteiger partial charge in [-0.25, -0.2) is 4.79 Å². The number of methoxy groups -OCH3 is 1. The van der Waals surface area contributed by atoms with E-state index >= 15 is 0 Å². The number of carboxylic acids is 1. The molecule has 0 aliphatic carbocycles. The quantitative estimate of drug-likeness (QED) is 0.721. The first-order valence-corrected chi connectivity index (χ1v) is 8.51. The van der Waals surface area contributed by atoms with Crippen molar-refractivity contribution in [2.45, 2.75) is 19.9 Å². The van der Waals surface area contributed by atoms with Crippen molar-refractivity contribution in [3.05, 3.63) is 59.7 Å². The lowest BCUT2D eigenvalue weighted by Crippen LogP contribution is -2.33. The maximum Gasteiger partial charge on any atom is 0.335 e. The molecule has 0 saturated heterocycles. The molecule has 0 radical (unpaired) electrons. The molecule has 26 heavy (non-hydrogen) atoms. The van der Waals surface area contributed by atoms with Crippen LogP contribution in [0.2, 0.25) is 0 Å². The van der Waals surface area contributed by atoms with Gasteiger partial charge in [-0.2, -0.15) is 0 Å². The van der Waals surface area contributed by atoms with Gasteiger partial charge in [0.05, 0.1) is 24.9 Å². The minimum atomic E-state index is -0.946. The lowest BCUT2D eigenvalue weighted by molar-refractivity contribution is -0.117. The molecule has 0 bridgehead atoms. The number of aromatic carboxylic acids is 1. The Balaban J connectivity index is 2.00. The molecule has 1 amide bonds. The third-order valence-corrected chi connectivity index (χ3v) is 3.90. The summed E-state index contributed by atoms with van der Waals surface area (Å²) in [4.78, 5) is 25.4. The summed E-state index contributed by atoms with van der Waals surface area (Å²) >= 11 is 0. The van der Waals surface area contributed by atoms with Crippen molar-refractivity contribution in [3.63, 3.8) is 0 Å². The summed E-state index contributed by atoms with van der Waals surface area (Å²) in [6.45, 7) is 3.64. The predicted molar refractivity (Wildman–Crippen MR) is 101 cm³/mol. The standard InChI is InChI=1S/C20H24N2O4/c1-3-12-22(13-15-8-10-16(11-9-15)20(24)25)14-19(23)21-17-6-4-5-7-18(17)26-2/h4-11H,3,12-14H2,1-2H3,(H,21,23)(H,24,25). The van der Waals surface area contributed by atoms with Crippen LogP contribution in [0.5, 0.6) is 5.75 Å². The van der Waals surface area contributed by atoms with E-state index in [1.54, 1.807) is 43.5 Å². The van der Waals surface area contributed by atoms with E-state index < -0.39 is 5.97 Å². The molecule has 6 nitrogen and oxygen atoms in total. The number of hydrogen-bond donors (Lipinski definition) is 2. The monoisotopic (exact) mass is 356 g/mol. The second kappa shape index (κ2) is 9.58. The first kappa shape index (κ1) is 19.5. The van der Waals surface area contributed by atoms with Gasteiger partial charge in [-0.3, -0.25) is 9.69 Å². The summed E-state index contributed by atoms with van der Waals surface area (Å²) in [6.07, 6.45) is 0.912. The second-order valence-corrected chi connectivity index (χ2v) is 5.96. The third kappa shape index (κ3) is 5.60. The molecule has 2 aromatic carbocycles. The summed E-state index contributed by atoms with van der Waals surface area (Å²) in [5.74, 6) is -0.449. The Morgan fingerprint density at radius 1 is 1.12 bits per heavy atom. The number of carbonyl (C=O) groups is 2. The van der Waals surface area contributed by atoms with Crippen molar-refractivity contribution < 1.29 is 19.4 Å². The number of ether oxygens (including phenoxy) is 1. The maximum atomic E-state index is 12.4. The Hall–Kier alpha value is -2.86.